The fourth-order valence-electron chi connectivity index (χ4n) is 3.01. The molecular weight excluding hydrogens is 450 g/mol. The molecule has 32 heavy (non-hydrogen) atoms. The van der Waals surface area contributed by atoms with Gasteiger partial charge in [0, 0.05) is 16.3 Å². The predicted molar refractivity (Wildman–Crippen MR) is 125 cm³/mol. The van der Waals surface area contributed by atoms with Gasteiger partial charge in [-0.25, -0.2) is 0 Å². The summed E-state index contributed by atoms with van der Waals surface area (Å²) in [6, 6.07) is 14.5. The molecule has 0 radical (unpaired) electrons. The molecule has 10 heteroatoms. The maximum absolute atomic E-state index is 12.4. The first kappa shape index (κ1) is 21.9. The summed E-state index contributed by atoms with van der Waals surface area (Å²) in [5.41, 5.74) is 2.98. The monoisotopic (exact) mass is 469 g/mol. The lowest BCUT2D eigenvalue weighted by Crippen LogP contribution is -2.14. The van der Waals surface area contributed by atoms with E-state index in [0.717, 1.165) is 11.1 Å². The van der Waals surface area contributed by atoms with Gasteiger partial charge in [0.15, 0.2) is 23.0 Å². The number of ether oxygens (including phenoxy) is 2. The number of thioether (sulfide) groups is 1. The first-order valence-corrected chi connectivity index (χ1v) is 11.0. The van der Waals surface area contributed by atoms with Crippen LogP contribution >= 0.6 is 23.4 Å². The Morgan fingerprint density at radius 2 is 1.88 bits per heavy atom. The molecule has 1 amide bonds. The van der Waals surface area contributed by atoms with Crippen molar-refractivity contribution in [2.24, 2.45) is 0 Å². The molecule has 164 valence electrons. The topological polar surface area (TPSA) is 90.6 Å². The van der Waals surface area contributed by atoms with E-state index in [1.165, 1.54) is 11.8 Å². The van der Waals surface area contributed by atoms with E-state index in [0.29, 0.717) is 38.7 Å². The minimum Gasteiger partial charge on any atom is -0.493 e. The van der Waals surface area contributed by atoms with E-state index < -0.39 is 0 Å². The molecule has 2 heterocycles. The molecule has 0 fully saturated rings. The number of benzene rings is 2. The lowest BCUT2D eigenvalue weighted by Gasteiger charge is -2.09. The van der Waals surface area contributed by atoms with Crippen LogP contribution in [0.25, 0.3) is 17.0 Å². The van der Waals surface area contributed by atoms with Gasteiger partial charge in [0.1, 0.15) is 5.03 Å². The summed E-state index contributed by atoms with van der Waals surface area (Å²) >= 11 is 7.43. The fraction of sp³-hybridized carbons (Fsp3) is 0.182. The molecule has 0 saturated carbocycles. The predicted octanol–water partition coefficient (Wildman–Crippen LogP) is 4.50. The molecule has 2 aromatic heterocycles. The summed E-state index contributed by atoms with van der Waals surface area (Å²) in [5, 5.41) is 17.1. The zero-order valence-corrected chi connectivity index (χ0v) is 19.2. The maximum Gasteiger partial charge on any atom is 0.234 e. The second-order valence-electron chi connectivity index (χ2n) is 6.84. The van der Waals surface area contributed by atoms with Crippen molar-refractivity contribution in [2.45, 2.75) is 11.9 Å². The van der Waals surface area contributed by atoms with Gasteiger partial charge in [-0.3, -0.25) is 4.79 Å². The highest BCUT2D eigenvalue weighted by Crippen LogP contribution is 2.31. The number of halogens is 1. The number of aryl methyl sites for hydroxylation is 1. The standard InChI is InChI=1S/C22H20ClN5O3S/c1-13-4-6-15(11-16(13)23)24-20(29)12-32-21-9-8-19-25-26-22(28(19)27-21)14-5-7-17(30-2)18(10-14)31-3/h4-11H,12H2,1-3H3,(H,24,29). The highest BCUT2D eigenvalue weighted by atomic mass is 35.5. The number of nitrogens with one attached hydrogen (secondary N) is 1. The molecule has 1 N–H and O–H groups in total. The molecule has 0 saturated heterocycles. The van der Waals surface area contributed by atoms with Gasteiger partial charge in [-0.05, 0) is 55.0 Å². The van der Waals surface area contributed by atoms with Crippen LogP contribution in [0.15, 0.2) is 53.6 Å². The van der Waals surface area contributed by atoms with Crippen molar-refractivity contribution in [3.05, 3.63) is 59.1 Å². The highest BCUT2D eigenvalue weighted by Gasteiger charge is 2.14. The van der Waals surface area contributed by atoms with E-state index >= 15 is 0 Å². The SMILES string of the molecule is COc1ccc(-c2nnc3ccc(SCC(=O)Nc4ccc(C)c(Cl)c4)nn23)cc1OC. The molecule has 0 spiro atoms. The Balaban J connectivity index is 1.51. The molecule has 0 aliphatic heterocycles. The van der Waals surface area contributed by atoms with Crippen LogP contribution < -0.4 is 14.8 Å². The molecule has 8 nitrogen and oxygen atoms in total. The fourth-order valence-corrected chi connectivity index (χ4v) is 3.85. The summed E-state index contributed by atoms with van der Waals surface area (Å²) in [6.45, 7) is 1.91. The van der Waals surface area contributed by atoms with Crippen molar-refractivity contribution < 1.29 is 14.3 Å². The largest absolute Gasteiger partial charge is 0.493 e. The Labute approximate surface area is 193 Å². The number of hydrogen-bond donors (Lipinski definition) is 1. The molecule has 4 rings (SSSR count). The van der Waals surface area contributed by atoms with Crippen LogP contribution in [-0.2, 0) is 4.79 Å². The molecule has 0 unspecified atom stereocenters. The van der Waals surface area contributed by atoms with Crippen LogP contribution in [0.5, 0.6) is 11.5 Å². The Morgan fingerprint density at radius 1 is 1.06 bits per heavy atom. The van der Waals surface area contributed by atoms with E-state index in [4.69, 9.17) is 21.1 Å². The number of fused-ring (bicyclic) bond motifs is 1. The normalized spacial score (nSPS) is 10.9. The third-order valence-corrected chi connectivity index (χ3v) is 6.01. The van der Waals surface area contributed by atoms with E-state index in [1.54, 1.807) is 30.9 Å². The average molecular weight is 470 g/mol. The van der Waals surface area contributed by atoms with Crippen LogP contribution in [0.2, 0.25) is 5.02 Å². The van der Waals surface area contributed by atoms with E-state index in [-0.39, 0.29) is 11.7 Å². The Hall–Kier alpha value is -3.30. The van der Waals surface area contributed by atoms with Gasteiger partial charge < -0.3 is 14.8 Å². The Bertz CT molecular complexity index is 1290. The number of anilines is 1. The highest BCUT2D eigenvalue weighted by molar-refractivity contribution is 7.99. The third-order valence-electron chi connectivity index (χ3n) is 4.69. The van der Waals surface area contributed by atoms with Crippen molar-refractivity contribution in [1.29, 1.82) is 0 Å². The molecule has 4 aromatic rings. The zero-order valence-electron chi connectivity index (χ0n) is 17.6. The lowest BCUT2D eigenvalue weighted by molar-refractivity contribution is -0.113. The smallest absolute Gasteiger partial charge is 0.234 e. The second kappa shape index (κ2) is 9.46. The molecule has 2 aromatic carbocycles. The van der Waals surface area contributed by atoms with Gasteiger partial charge in [0.2, 0.25) is 5.91 Å². The van der Waals surface area contributed by atoms with Crippen LogP contribution in [0.1, 0.15) is 5.56 Å². The van der Waals surface area contributed by atoms with Crippen LogP contribution in [0.3, 0.4) is 0 Å². The van der Waals surface area contributed by atoms with Crippen molar-refractivity contribution >= 4 is 40.6 Å². The first-order valence-electron chi connectivity index (χ1n) is 9.62. The number of carbonyl (C=O) groups excluding carboxylic acids is 1. The molecular formula is C22H20ClN5O3S. The lowest BCUT2D eigenvalue weighted by atomic mass is 10.2. The number of amides is 1. The molecule has 0 atom stereocenters. The number of nitrogens with zero attached hydrogens (tertiary/aromatic N) is 4. The third kappa shape index (κ3) is 4.63. The Kier molecular flexibility index (Phi) is 6.48. The summed E-state index contributed by atoms with van der Waals surface area (Å²) in [6.07, 6.45) is 0. The van der Waals surface area contributed by atoms with E-state index in [9.17, 15) is 4.79 Å². The van der Waals surface area contributed by atoms with Crippen molar-refractivity contribution in [1.82, 2.24) is 19.8 Å². The van der Waals surface area contributed by atoms with Gasteiger partial charge in [0.05, 0.1) is 20.0 Å². The van der Waals surface area contributed by atoms with Crippen molar-refractivity contribution in [3.8, 4) is 22.9 Å². The van der Waals surface area contributed by atoms with Gasteiger partial charge in [-0.2, -0.15) is 9.61 Å². The summed E-state index contributed by atoms with van der Waals surface area (Å²) in [7, 11) is 3.16. The average Bonchev–Trinajstić information content (AvgIpc) is 3.23. The summed E-state index contributed by atoms with van der Waals surface area (Å²) < 4.78 is 12.3. The van der Waals surface area contributed by atoms with Crippen molar-refractivity contribution in [3.63, 3.8) is 0 Å². The second-order valence-corrected chi connectivity index (χ2v) is 8.24. The summed E-state index contributed by atoms with van der Waals surface area (Å²) in [4.78, 5) is 12.4. The first-order chi connectivity index (χ1) is 15.5. The maximum atomic E-state index is 12.4. The molecule has 0 bridgehead atoms. The van der Waals surface area contributed by atoms with Crippen LogP contribution in [0, 0.1) is 6.92 Å². The van der Waals surface area contributed by atoms with Gasteiger partial charge in [0.25, 0.3) is 0 Å². The number of methoxy groups -OCH3 is 2. The number of carbonyl (C=O) groups is 1. The molecule has 0 aliphatic rings. The number of rotatable bonds is 7. The van der Waals surface area contributed by atoms with E-state index in [2.05, 4.69) is 20.6 Å². The van der Waals surface area contributed by atoms with Gasteiger partial charge in [-0.15, -0.1) is 10.2 Å². The minimum absolute atomic E-state index is 0.152. The van der Waals surface area contributed by atoms with Crippen LogP contribution in [-0.4, -0.2) is 45.7 Å². The molecule has 0 aliphatic carbocycles. The van der Waals surface area contributed by atoms with E-state index in [1.807, 2.05) is 43.3 Å². The van der Waals surface area contributed by atoms with Crippen molar-refractivity contribution in [2.75, 3.05) is 25.3 Å². The van der Waals surface area contributed by atoms with Gasteiger partial charge in [-0.1, -0.05) is 29.4 Å². The number of hydrogen-bond acceptors (Lipinski definition) is 7. The summed E-state index contributed by atoms with van der Waals surface area (Å²) in [5.74, 6) is 1.80. The minimum atomic E-state index is -0.152. The Morgan fingerprint density at radius 3 is 2.62 bits per heavy atom. The number of aromatic nitrogens is 4. The van der Waals surface area contributed by atoms with Crippen LogP contribution in [0.4, 0.5) is 5.69 Å². The van der Waals surface area contributed by atoms with Gasteiger partial charge >= 0.3 is 0 Å². The quantitative estimate of drug-likeness (QED) is 0.398. The zero-order chi connectivity index (χ0) is 22.7.